The number of fused-ring (bicyclic) bond motifs is 1. The number of carbonyl (C=O) groups is 1. The molecule has 1 aromatic heterocycles. The molecule has 2 heterocycles. The van der Waals surface area contributed by atoms with Gasteiger partial charge in [0.1, 0.15) is 11.8 Å². The maximum atomic E-state index is 12.0. The van der Waals surface area contributed by atoms with E-state index in [1.54, 1.807) is 7.05 Å². The summed E-state index contributed by atoms with van der Waals surface area (Å²) in [5.41, 5.74) is 1.95. The Bertz CT molecular complexity index is 781. The molecule has 6 nitrogen and oxygen atoms in total. The molecule has 1 aliphatic rings. The molecule has 0 radical (unpaired) electrons. The lowest BCUT2D eigenvalue weighted by molar-refractivity contribution is 0.00578. The van der Waals surface area contributed by atoms with Gasteiger partial charge in [0.15, 0.2) is 0 Å². The van der Waals surface area contributed by atoms with Crippen molar-refractivity contribution < 1.29 is 18.5 Å². The van der Waals surface area contributed by atoms with Gasteiger partial charge in [0.05, 0.1) is 16.8 Å². The molecular formula is C17H23BN2O4. The van der Waals surface area contributed by atoms with Crippen LogP contribution in [0.15, 0.2) is 22.8 Å². The molecule has 1 aromatic carbocycles. The molecule has 0 spiro atoms. The minimum atomic E-state index is -0.519. The van der Waals surface area contributed by atoms with Gasteiger partial charge in [-0.05, 0) is 33.8 Å². The lowest BCUT2D eigenvalue weighted by atomic mass is 9.77. The summed E-state index contributed by atoms with van der Waals surface area (Å²) in [4.78, 5) is 12.0. The predicted octanol–water partition coefficient (Wildman–Crippen LogP) is 2.13. The predicted molar refractivity (Wildman–Crippen MR) is 94.9 cm³/mol. The number of carbonyl (C=O) groups excluding carboxylic acids is 1. The van der Waals surface area contributed by atoms with Crippen LogP contribution >= 0.6 is 0 Å². The van der Waals surface area contributed by atoms with Gasteiger partial charge in [-0.1, -0.05) is 0 Å². The van der Waals surface area contributed by atoms with Crippen LogP contribution in [0, 0.1) is 0 Å². The van der Waals surface area contributed by atoms with Gasteiger partial charge >= 0.3 is 7.12 Å². The first-order valence-electron chi connectivity index (χ1n) is 8.01. The number of benzene rings is 1. The Balaban J connectivity index is 2.12. The van der Waals surface area contributed by atoms with E-state index in [4.69, 9.17) is 13.7 Å². The van der Waals surface area contributed by atoms with E-state index in [0.29, 0.717) is 11.1 Å². The summed E-state index contributed by atoms with van der Waals surface area (Å²) in [5, 5.41) is 6.51. The third-order valence-electron chi connectivity index (χ3n) is 4.99. The quantitative estimate of drug-likeness (QED) is 0.844. The molecule has 3 rings (SSSR count). The first kappa shape index (κ1) is 16.9. The molecule has 24 heavy (non-hydrogen) atoms. The van der Waals surface area contributed by atoms with Gasteiger partial charge in [0.25, 0.3) is 5.91 Å². The van der Waals surface area contributed by atoms with E-state index in [1.807, 2.05) is 46.9 Å². The van der Waals surface area contributed by atoms with Crippen molar-refractivity contribution in [3.8, 4) is 0 Å². The molecule has 0 aliphatic carbocycles. The van der Waals surface area contributed by atoms with Crippen molar-refractivity contribution in [3.05, 3.63) is 24.0 Å². The highest BCUT2D eigenvalue weighted by Crippen LogP contribution is 2.37. The normalized spacial score (nSPS) is 18.8. The number of hydrogen-bond acceptors (Lipinski definition) is 5. The highest BCUT2D eigenvalue weighted by Gasteiger charge is 2.52. The fourth-order valence-corrected chi connectivity index (χ4v) is 2.78. The summed E-state index contributed by atoms with van der Waals surface area (Å²) in [6.07, 6.45) is 1.47. The van der Waals surface area contributed by atoms with Crippen LogP contribution in [-0.4, -0.2) is 38.3 Å². The first-order valence-corrected chi connectivity index (χ1v) is 8.01. The van der Waals surface area contributed by atoms with Crippen LogP contribution in [0.4, 0.5) is 5.69 Å². The second-order valence-electron chi connectivity index (χ2n) is 7.00. The van der Waals surface area contributed by atoms with E-state index in [2.05, 4.69) is 10.6 Å². The average Bonchev–Trinajstić information content (AvgIpc) is 3.02. The Morgan fingerprint density at radius 2 is 1.71 bits per heavy atom. The zero-order valence-electron chi connectivity index (χ0n) is 14.9. The Hall–Kier alpha value is -1.99. The van der Waals surface area contributed by atoms with Crippen LogP contribution in [0.5, 0.6) is 0 Å². The summed E-state index contributed by atoms with van der Waals surface area (Å²) < 4.78 is 17.8. The van der Waals surface area contributed by atoms with Crippen molar-refractivity contribution in [2.24, 2.45) is 0 Å². The largest absolute Gasteiger partial charge is 0.496 e. The van der Waals surface area contributed by atoms with Crippen LogP contribution in [0.25, 0.3) is 11.0 Å². The summed E-state index contributed by atoms with van der Waals surface area (Å²) in [6.45, 7) is 8.05. The summed E-state index contributed by atoms with van der Waals surface area (Å²) >= 11 is 0. The van der Waals surface area contributed by atoms with Crippen LogP contribution in [0.1, 0.15) is 38.1 Å². The van der Waals surface area contributed by atoms with E-state index >= 15 is 0 Å². The smallest absolute Gasteiger partial charge is 0.463 e. The second-order valence-corrected chi connectivity index (χ2v) is 7.00. The maximum absolute atomic E-state index is 12.0. The van der Waals surface area contributed by atoms with Gasteiger partial charge in [-0.3, -0.25) is 4.79 Å². The minimum Gasteiger partial charge on any atom is -0.463 e. The van der Waals surface area contributed by atoms with Crippen LogP contribution in [-0.2, 0) is 9.31 Å². The highest BCUT2D eigenvalue weighted by atomic mass is 16.7. The molecule has 1 saturated heterocycles. The van der Waals surface area contributed by atoms with Crippen molar-refractivity contribution in [2.75, 3.05) is 19.4 Å². The van der Waals surface area contributed by atoms with E-state index in [-0.39, 0.29) is 5.91 Å². The summed E-state index contributed by atoms with van der Waals surface area (Å²) in [6, 6.07) is 3.76. The molecule has 0 unspecified atom stereocenters. The van der Waals surface area contributed by atoms with Gasteiger partial charge in [-0.15, -0.1) is 0 Å². The van der Waals surface area contributed by atoms with E-state index in [9.17, 15) is 4.79 Å². The summed E-state index contributed by atoms with van der Waals surface area (Å²) in [7, 11) is 2.91. The Kier molecular flexibility index (Phi) is 3.88. The second kappa shape index (κ2) is 5.53. The molecule has 0 atom stereocenters. The van der Waals surface area contributed by atoms with Crippen LogP contribution in [0.3, 0.4) is 0 Å². The van der Waals surface area contributed by atoms with Crippen molar-refractivity contribution >= 4 is 35.1 Å². The topological polar surface area (TPSA) is 72.7 Å². The van der Waals surface area contributed by atoms with Gasteiger partial charge in [0.2, 0.25) is 0 Å². The molecule has 1 aliphatic heterocycles. The number of rotatable bonds is 3. The lowest BCUT2D eigenvalue weighted by Crippen LogP contribution is -2.41. The van der Waals surface area contributed by atoms with Crippen molar-refractivity contribution in [1.29, 1.82) is 0 Å². The Labute approximate surface area is 142 Å². The van der Waals surface area contributed by atoms with Crippen molar-refractivity contribution in [3.63, 3.8) is 0 Å². The standard InChI is InChI=1S/C17H23BN2O4/c1-16(2)17(3,4)24-18(23-16)12-7-10-11(15(21)20-6)9-22-14(10)8-13(12)19-5/h7-9,19H,1-6H3,(H,20,21). The van der Waals surface area contributed by atoms with Gasteiger partial charge in [-0.25, -0.2) is 0 Å². The molecular weight excluding hydrogens is 307 g/mol. The maximum Gasteiger partial charge on any atom is 0.496 e. The van der Waals surface area contributed by atoms with Gasteiger partial charge in [-0.2, -0.15) is 0 Å². The Morgan fingerprint density at radius 1 is 1.08 bits per heavy atom. The molecule has 1 amide bonds. The van der Waals surface area contributed by atoms with Gasteiger partial charge < -0.3 is 24.4 Å². The highest BCUT2D eigenvalue weighted by molar-refractivity contribution is 6.64. The lowest BCUT2D eigenvalue weighted by Gasteiger charge is -2.32. The number of amides is 1. The SMILES string of the molecule is CNC(=O)c1coc2cc(NC)c(B3OC(C)(C)C(C)(C)O3)cc12. The first-order chi connectivity index (χ1) is 11.2. The summed E-state index contributed by atoms with van der Waals surface area (Å²) in [5.74, 6) is -0.189. The molecule has 0 bridgehead atoms. The van der Waals surface area contributed by atoms with Gasteiger partial charge in [0, 0.05) is 36.7 Å². The molecule has 1 fully saturated rings. The fraction of sp³-hybridized carbons (Fsp3) is 0.471. The third kappa shape index (κ3) is 2.48. The monoisotopic (exact) mass is 330 g/mol. The fourth-order valence-electron chi connectivity index (χ4n) is 2.78. The van der Waals surface area contributed by atoms with Crippen LogP contribution < -0.4 is 16.1 Å². The van der Waals surface area contributed by atoms with E-state index in [0.717, 1.165) is 16.5 Å². The van der Waals surface area contributed by atoms with E-state index < -0.39 is 18.3 Å². The molecule has 0 saturated carbocycles. The van der Waals surface area contributed by atoms with E-state index in [1.165, 1.54) is 6.26 Å². The molecule has 2 aromatic rings. The zero-order chi connectivity index (χ0) is 17.7. The third-order valence-corrected chi connectivity index (χ3v) is 4.99. The molecule has 2 N–H and O–H groups in total. The van der Waals surface area contributed by atoms with Crippen LogP contribution in [0.2, 0.25) is 0 Å². The average molecular weight is 330 g/mol. The number of anilines is 1. The van der Waals surface area contributed by atoms with Crippen molar-refractivity contribution in [2.45, 2.75) is 38.9 Å². The Morgan fingerprint density at radius 3 is 2.25 bits per heavy atom. The minimum absolute atomic E-state index is 0.189. The molecule has 128 valence electrons. The number of furan rings is 1. The molecule has 7 heteroatoms. The zero-order valence-corrected chi connectivity index (χ0v) is 14.9. The number of nitrogens with one attached hydrogen (secondary N) is 2. The number of hydrogen-bond donors (Lipinski definition) is 2. The van der Waals surface area contributed by atoms with Crippen molar-refractivity contribution in [1.82, 2.24) is 5.32 Å².